The minimum Gasteiger partial charge on any atom is -0.508 e. The summed E-state index contributed by atoms with van der Waals surface area (Å²) in [5.41, 5.74) is 4.13. The molecular formula is C16H16N2OS2. The molecule has 108 valence electrons. The summed E-state index contributed by atoms with van der Waals surface area (Å²) in [7, 11) is 0. The molecule has 0 atom stereocenters. The van der Waals surface area contributed by atoms with Crippen molar-refractivity contribution in [1.29, 1.82) is 0 Å². The van der Waals surface area contributed by atoms with Crippen molar-refractivity contribution in [3.8, 4) is 5.75 Å². The number of phenols is 1. The highest BCUT2D eigenvalue weighted by Crippen LogP contribution is 2.30. The van der Waals surface area contributed by atoms with Gasteiger partial charge in [0.05, 0.1) is 10.2 Å². The van der Waals surface area contributed by atoms with Gasteiger partial charge in [0.1, 0.15) is 5.75 Å². The van der Waals surface area contributed by atoms with Gasteiger partial charge in [0.15, 0.2) is 4.34 Å². The number of anilines is 1. The van der Waals surface area contributed by atoms with Crippen LogP contribution in [-0.4, -0.2) is 16.3 Å². The Balaban J connectivity index is 1.80. The molecule has 0 bridgehead atoms. The number of phenolic OH excluding ortho intramolecular Hbond substituents is 1. The molecule has 0 aliphatic rings. The Morgan fingerprint density at radius 1 is 1.24 bits per heavy atom. The van der Waals surface area contributed by atoms with Gasteiger partial charge in [-0.3, -0.25) is 0 Å². The average Bonchev–Trinajstić information content (AvgIpc) is 2.90. The summed E-state index contributed by atoms with van der Waals surface area (Å²) in [5, 5.41) is 13.2. The van der Waals surface area contributed by atoms with Crippen LogP contribution in [0.15, 0.2) is 40.7 Å². The molecule has 1 aromatic heterocycles. The second kappa shape index (κ2) is 5.95. The maximum atomic E-state index is 9.87. The number of hydrogen-bond acceptors (Lipinski definition) is 5. The van der Waals surface area contributed by atoms with Crippen LogP contribution in [0, 0.1) is 6.92 Å². The summed E-state index contributed by atoms with van der Waals surface area (Å²) in [6.45, 7) is 2.63. The Labute approximate surface area is 132 Å². The van der Waals surface area contributed by atoms with Gasteiger partial charge >= 0.3 is 0 Å². The molecule has 0 aliphatic heterocycles. The van der Waals surface area contributed by atoms with Gasteiger partial charge < -0.3 is 10.4 Å². The largest absolute Gasteiger partial charge is 0.508 e. The van der Waals surface area contributed by atoms with Gasteiger partial charge in [0, 0.05) is 17.8 Å². The smallest absolute Gasteiger partial charge is 0.150 e. The van der Waals surface area contributed by atoms with Gasteiger partial charge in [0.2, 0.25) is 0 Å². The Kier molecular flexibility index (Phi) is 4.03. The Bertz CT molecular complexity index is 783. The molecule has 0 fully saturated rings. The number of rotatable bonds is 4. The average molecular weight is 316 g/mol. The summed E-state index contributed by atoms with van der Waals surface area (Å²) in [6.07, 6.45) is 2.04. The van der Waals surface area contributed by atoms with E-state index in [0.717, 1.165) is 26.7 Å². The summed E-state index contributed by atoms with van der Waals surface area (Å²) in [6, 6.07) is 11.8. The van der Waals surface area contributed by atoms with Crippen LogP contribution in [0.3, 0.4) is 0 Å². The molecule has 0 spiro atoms. The molecule has 0 radical (unpaired) electrons. The molecule has 3 aromatic rings. The van der Waals surface area contributed by atoms with Crippen LogP contribution in [0.4, 0.5) is 5.69 Å². The minimum absolute atomic E-state index is 0.330. The normalized spacial score (nSPS) is 11.0. The first-order valence-electron chi connectivity index (χ1n) is 6.62. The van der Waals surface area contributed by atoms with E-state index in [1.54, 1.807) is 29.2 Å². The number of hydrogen-bond donors (Lipinski definition) is 2. The lowest BCUT2D eigenvalue weighted by molar-refractivity contribution is 0.469. The lowest BCUT2D eigenvalue weighted by atomic mass is 10.1. The standard InChI is InChI=1S/C16H16N2OS2/c1-10-3-6-14(19)11(7-10)9-17-12-4-5-13-15(8-12)21-16(18-13)20-2/h3-8,17,19H,9H2,1-2H3. The van der Waals surface area contributed by atoms with Crippen molar-refractivity contribution < 1.29 is 5.11 Å². The zero-order chi connectivity index (χ0) is 14.8. The van der Waals surface area contributed by atoms with E-state index in [1.165, 1.54) is 4.70 Å². The molecule has 0 saturated heterocycles. The van der Waals surface area contributed by atoms with Crippen molar-refractivity contribution >= 4 is 39.0 Å². The molecule has 3 rings (SSSR count). The van der Waals surface area contributed by atoms with E-state index < -0.39 is 0 Å². The zero-order valence-electron chi connectivity index (χ0n) is 11.9. The highest BCUT2D eigenvalue weighted by atomic mass is 32.2. The number of nitrogens with zero attached hydrogens (tertiary/aromatic N) is 1. The quantitative estimate of drug-likeness (QED) is 0.688. The first kappa shape index (κ1) is 14.2. The number of aromatic hydroxyl groups is 1. The zero-order valence-corrected chi connectivity index (χ0v) is 13.5. The fourth-order valence-electron chi connectivity index (χ4n) is 2.15. The third-order valence-electron chi connectivity index (χ3n) is 3.26. The van der Waals surface area contributed by atoms with Crippen molar-refractivity contribution in [1.82, 2.24) is 4.98 Å². The molecule has 3 nitrogen and oxygen atoms in total. The first-order chi connectivity index (χ1) is 10.2. The number of benzene rings is 2. The van der Waals surface area contributed by atoms with Crippen LogP contribution in [0.5, 0.6) is 5.75 Å². The van der Waals surface area contributed by atoms with E-state index in [2.05, 4.69) is 16.4 Å². The second-order valence-electron chi connectivity index (χ2n) is 4.85. The number of thioether (sulfide) groups is 1. The van der Waals surface area contributed by atoms with Crippen molar-refractivity contribution in [3.05, 3.63) is 47.5 Å². The number of thiazole rings is 1. The van der Waals surface area contributed by atoms with Crippen molar-refractivity contribution in [2.24, 2.45) is 0 Å². The summed E-state index contributed by atoms with van der Waals surface area (Å²) in [4.78, 5) is 4.53. The lowest BCUT2D eigenvalue weighted by Crippen LogP contribution is -1.99. The van der Waals surface area contributed by atoms with Crippen LogP contribution in [-0.2, 0) is 6.54 Å². The summed E-state index contributed by atoms with van der Waals surface area (Å²) in [5.74, 6) is 0.330. The van der Waals surface area contributed by atoms with Gasteiger partial charge in [-0.05, 0) is 37.4 Å². The van der Waals surface area contributed by atoms with Gasteiger partial charge in [-0.25, -0.2) is 4.98 Å². The van der Waals surface area contributed by atoms with E-state index in [-0.39, 0.29) is 0 Å². The van der Waals surface area contributed by atoms with Crippen LogP contribution in [0.25, 0.3) is 10.2 Å². The van der Waals surface area contributed by atoms with Gasteiger partial charge in [-0.2, -0.15) is 0 Å². The molecule has 5 heteroatoms. The molecule has 0 aliphatic carbocycles. The predicted molar refractivity (Wildman–Crippen MR) is 91.6 cm³/mol. The topological polar surface area (TPSA) is 45.2 Å². The predicted octanol–water partition coefficient (Wildman–Crippen LogP) is 4.64. The molecule has 21 heavy (non-hydrogen) atoms. The maximum absolute atomic E-state index is 9.87. The fourth-order valence-corrected chi connectivity index (χ4v) is 3.68. The summed E-state index contributed by atoms with van der Waals surface area (Å²) >= 11 is 3.37. The molecule has 1 heterocycles. The minimum atomic E-state index is 0.330. The van der Waals surface area contributed by atoms with Crippen LogP contribution in [0.2, 0.25) is 0 Å². The third-order valence-corrected chi connectivity index (χ3v) is 5.26. The summed E-state index contributed by atoms with van der Waals surface area (Å²) < 4.78 is 2.26. The first-order valence-corrected chi connectivity index (χ1v) is 8.67. The van der Waals surface area contributed by atoms with E-state index in [0.29, 0.717) is 12.3 Å². The van der Waals surface area contributed by atoms with Crippen LogP contribution >= 0.6 is 23.1 Å². The molecular weight excluding hydrogens is 300 g/mol. The van der Waals surface area contributed by atoms with E-state index >= 15 is 0 Å². The van der Waals surface area contributed by atoms with Crippen LogP contribution in [0.1, 0.15) is 11.1 Å². The highest BCUT2D eigenvalue weighted by Gasteiger charge is 2.05. The Morgan fingerprint density at radius 2 is 2.10 bits per heavy atom. The van der Waals surface area contributed by atoms with E-state index in [4.69, 9.17) is 0 Å². The number of fused-ring (bicyclic) bond motifs is 1. The van der Waals surface area contributed by atoms with E-state index in [1.807, 2.05) is 37.4 Å². The Hall–Kier alpha value is -1.72. The monoisotopic (exact) mass is 316 g/mol. The molecule has 0 saturated carbocycles. The Morgan fingerprint density at radius 3 is 2.90 bits per heavy atom. The van der Waals surface area contributed by atoms with Crippen LogP contribution < -0.4 is 5.32 Å². The number of aryl methyl sites for hydroxylation is 1. The molecule has 0 amide bonds. The van der Waals surface area contributed by atoms with E-state index in [9.17, 15) is 5.11 Å². The van der Waals surface area contributed by atoms with Crippen molar-refractivity contribution in [3.63, 3.8) is 0 Å². The third kappa shape index (κ3) is 3.14. The van der Waals surface area contributed by atoms with Gasteiger partial charge in [-0.15, -0.1) is 11.3 Å². The molecule has 2 aromatic carbocycles. The highest BCUT2D eigenvalue weighted by molar-refractivity contribution is 8.00. The number of aromatic nitrogens is 1. The van der Waals surface area contributed by atoms with Crippen molar-refractivity contribution in [2.75, 3.05) is 11.6 Å². The van der Waals surface area contributed by atoms with Crippen molar-refractivity contribution in [2.45, 2.75) is 17.8 Å². The second-order valence-corrected chi connectivity index (χ2v) is 6.94. The maximum Gasteiger partial charge on any atom is 0.150 e. The molecule has 2 N–H and O–H groups in total. The van der Waals surface area contributed by atoms with Gasteiger partial charge in [-0.1, -0.05) is 29.5 Å². The number of nitrogens with one attached hydrogen (secondary N) is 1. The molecule has 0 unspecified atom stereocenters. The van der Waals surface area contributed by atoms with Gasteiger partial charge in [0.25, 0.3) is 0 Å². The SMILES string of the molecule is CSc1nc2ccc(NCc3cc(C)ccc3O)cc2s1. The fraction of sp³-hybridized carbons (Fsp3) is 0.188. The lowest BCUT2D eigenvalue weighted by Gasteiger charge is -2.09.